The predicted molar refractivity (Wildman–Crippen MR) is 92.1 cm³/mol. The van der Waals surface area contributed by atoms with Crippen LogP contribution in [0.4, 0.5) is 5.95 Å². The number of nitrogens with two attached hydrogens (primary N) is 1. The molecule has 2 aromatic rings. The van der Waals surface area contributed by atoms with Gasteiger partial charge in [-0.2, -0.15) is 10.1 Å². The number of nitrogens with one attached hydrogen (secondary N) is 1. The summed E-state index contributed by atoms with van der Waals surface area (Å²) >= 11 is 0. The Bertz CT molecular complexity index is 827. The molecule has 0 bridgehead atoms. The molecule has 1 aliphatic rings. The molecule has 1 aliphatic heterocycles. The number of aryl methyl sites for hydroxylation is 1. The van der Waals surface area contributed by atoms with Crippen molar-refractivity contribution in [3.63, 3.8) is 0 Å². The molecule has 1 aromatic carbocycles. The molecule has 1 aromatic heterocycles. The number of benzene rings is 1. The van der Waals surface area contributed by atoms with Gasteiger partial charge in [-0.3, -0.25) is 4.79 Å². The Balaban J connectivity index is 2.11. The molecule has 4 N–H and O–H groups in total. The number of anilines is 1. The van der Waals surface area contributed by atoms with Crippen LogP contribution in [0.15, 0.2) is 35.5 Å². The van der Waals surface area contributed by atoms with Gasteiger partial charge in [-0.1, -0.05) is 12.1 Å². The number of ether oxygens (including phenoxy) is 1. The Kier molecular flexibility index (Phi) is 4.71. The van der Waals surface area contributed by atoms with Gasteiger partial charge in [0.05, 0.1) is 12.7 Å². The van der Waals surface area contributed by atoms with E-state index in [0.29, 0.717) is 41.6 Å². The van der Waals surface area contributed by atoms with Gasteiger partial charge in [0.1, 0.15) is 11.8 Å². The molecule has 8 nitrogen and oxygen atoms in total. The van der Waals surface area contributed by atoms with Crippen molar-refractivity contribution >= 4 is 11.9 Å². The number of carbonyl (C=O) groups is 1. The number of aromatic nitrogens is 3. The number of amides is 1. The third-order valence-electron chi connectivity index (χ3n) is 4.13. The first-order chi connectivity index (χ1) is 12.0. The van der Waals surface area contributed by atoms with Crippen molar-refractivity contribution in [3.05, 3.63) is 46.9 Å². The van der Waals surface area contributed by atoms with E-state index >= 15 is 0 Å². The maximum Gasteiger partial charge on any atom is 0.248 e. The third-order valence-corrected chi connectivity index (χ3v) is 4.13. The van der Waals surface area contributed by atoms with Crippen molar-refractivity contribution < 1.29 is 14.6 Å². The van der Waals surface area contributed by atoms with Gasteiger partial charge in [-0.15, -0.1) is 0 Å². The summed E-state index contributed by atoms with van der Waals surface area (Å²) in [5, 5.41) is 16.6. The quantitative estimate of drug-likeness (QED) is 0.720. The molecule has 3 rings (SSSR count). The Hall–Kier alpha value is -2.87. The predicted octanol–water partition coefficient (Wildman–Crippen LogP) is 0.986. The van der Waals surface area contributed by atoms with Crippen LogP contribution in [-0.2, 0) is 11.2 Å². The van der Waals surface area contributed by atoms with Crippen LogP contribution in [0.5, 0.6) is 5.75 Å². The van der Waals surface area contributed by atoms with Crippen LogP contribution in [0.1, 0.15) is 30.8 Å². The number of hydrogen-bond acceptors (Lipinski definition) is 6. The van der Waals surface area contributed by atoms with Gasteiger partial charge < -0.3 is 20.9 Å². The molecule has 132 valence electrons. The molecule has 0 fully saturated rings. The smallest absolute Gasteiger partial charge is 0.248 e. The van der Waals surface area contributed by atoms with Crippen molar-refractivity contribution in [2.75, 3.05) is 19.0 Å². The number of primary amides is 1. The minimum Gasteiger partial charge on any atom is -0.497 e. The summed E-state index contributed by atoms with van der Waals surface area (Å²) in [4.78, 5) is 16.6. The van der Waals surface area contributed by atoms with Gasteiger partial charge in [-0.25, -0.2) is 4.68 Å². The van der Waals surface area contributed by atoms with Crippen LogP contribution < -0.4 is 15.8 Å². The lowest BCUT2D eigenvalue weighted by Gasteiger charge is -2.27. The molecule has 25 heavy (non-hydrogen) atoms. The second kappa shape index (κ2) is 6.94. The lowest BCUT2D eigenvalue weighted by Crippen LogP contribution is -2.31. The first kappa shape index (κ1) is 17.0. The Morgan fingerprint density at radius 3 is 2.96 bits per heavy atom. The van der Waals surface area contributed by atoms with Crippen molar-refractivity contribution in [2.24, 2.45) is 5.73 Å². The van der Waals surface area contributed by atoms with Crippen LogP contribution in [0.3, 0.4) is 0 Å². The van der Waals surface area contributed by atoms with E-state index < -0.39 is 11.9 Å². The number of carbonyl (C=O) groups excluding carboxylic acids is 1. The van der Waals surface area contributed by atoms with E-state index in [0.717, 1.165) is 5.56 Å². The summed E-state index contributed by atoms with van der Waals surface area (Å²) in [7, 11) is 1.59. The zero-order valence-corrected chi connectivity index (χ0v) is 14.2. The summed E-state index contributed by atoms with van der Waals surface area (Å²) in [6.45, 7) is 1.86. The number of aliphatic hydroxyl groups is 1. The Morgan fingerprint density at radius 1 is 1.48 bits per heavy atom. The van der Waals surface area contributed by atoms with Crippen LogP contribution in [0.25, 0.3) is 0 Å². The lowest BCUT2D eigenvalue weighted by molar-refractivity contribution is -0.115. The van der Waals surface area contributed by atoms with E-state index in [1.165, 1.54) is 0 Å². The number of rotatable bonds is 6. The van der Waals surface area contributed by atoms with E-state index in [9.17, 15) is 4.79 Å². The van der Waals surface area contributed by atoms with E-state index in [4.69, 9.17) is 15.6 Å². The van der Waals surface area contributed by atoms with Gasteiger partial charge in [0.15, 0.2) is 5.82 Å². The van der Waals surface area contributed by atoms with Crippen LogP contribution in [-0.4, -0.2) is 39.5 Å². The van der Waals surface area contributed by atoms with Crippen LogP contribution >= 0.6 is 0 Å². The number of fused-ring (bicyclic) bond motifs is 1. The second-order valence-corrected chi connectivity index (χ2v) is 5.83. The standard InChI is InChI=1S/C17H21N5O3/c1-10-14(16(18)24)15(11-5-3-6-12(9-11)25-2)22-17(19-10)20-13(21-22)7-4-8-23/h3,5-6,9,15,23H,4,7-8H2,1-2H3,(H2,18,24)(H,19,20,21)/t15-/m1/s1. The average Bonchev–Trinajstić information content (AvgIpc) is 3.00. The topological polar surface area (TPSA) is 115 Å². The summed E-state index contributed by atoms with van der Waals surface area (Å²) in [6, 6.07) is 6.95. The molecule has 1 amide bonds. The fraction of sp³-hybridized carbons (Fsp3) is 0.353. The van der Waals surface area contributed by atoms with Gasteiger partial charge in [-0.05, 0) is 31.0 Å². The summed E-state index contributed by atoms with van der Waals surface area (Å²) < 4.78 is 6.95. The van der Waals surface area contributed by atoms with Crippen LogP contribution in [0.2, 0.25) is 0 Å². The molecule has 0 saturated carbocycles. The second-order valence-electron chi connectivity index (χ2n) is 5.83. The zero-order valence-electron chi connectivity index (χ0n) is 14.2. The highest BCUT2D eigenvalue weighted by Crippen LogP contribution is 2.35. The van der Waals surface area contributed by atoms with E-state index in [-0.39, 0.29) is 6.61 Å². The zero-order chi connectivity index (χ0) is 18.0. The molecule has 8 heteroatoms. The van der Waals surface area contributed by atoms with Gasteiger partial charge >= 0.3 is 0 Å². The summed E-state index contributed by atoms with van der Waals surface area (Å²) in [5.74, 6) is 1.31. The third kappa shape index (κ3) is 3.20. The number of allylic oxidation sites excluding steroid dienone is 1. The van der Waals surface area contributed by atoms with Gasteiger partial charge in [0, 0.05) is 18.7 Å². The SMILES string of the molecule is COc1cccc([C@@H]2C(C(N)=O)=C(C)Nc3nc(CCCO)nn32)c1. The molecule has 0 spiro atoms. The summed E-state index contributed by atoms with van der Waals surface area (Å²) in [5.41, 5.74) is 7.54. The maximum absolute atomic E-state index is 12.1. The first-order valence-electron chi connectivity index (χ1n) is 8.03. The Labute approximate surface area is 145 Å². The fourth-order valence-corrected chi connectivity index (χ4v) is 2.98. The van der Waals surface area contributed by atoms with E-state index in [2.05, 4.69) is 15.4 Å². The molecule has 0 aliphatic carbocycles. The largest absolute Gasteiger partial charge is 0.497 e. The number of methoxy groups -OCH3 is 1. The highest BCUT2D eigenvalue weighted by atomic mass is 16.5. The fourth-order valence-electron chi connectivity index (χ4n) is 2.98. The van der Waals surface area contributed by atoms with Gasteiger partial charge in [0.25, 0.3) is 0 Å². The van der Waals surface area contributed by atoms with Crippen molar-refractivity contribution in [1.29, 1.82) is 0 Å². The average molecular weight is 343 g/mol. The first-order valence-corrected chi connectivity index (χ1v) is 8.03. The van der Waals surface area contributed by atoms with Crippen molar-refractivity contribution in [1.82, 2.24) is 14.8 Å². The molecule has 0 unspecified atom stereocenters. The number of aliphatic hydroxyl groups excluding tert-OH is 1. The highest BCUT2D eigenvalue weighted by Gasteiger charge is 2.33. The lowest BCUT2D eigenvalue weighted by atomic mass is 9.95. The molecule has 1 atom stereocenters. The van der Waals surface area contributed by atoms with Crippen LogP contribution in [0, 0.1) is 0 Å². The van der Waals surface area contributed by atoms with Gasteiger partial charge in [0.2, 0.25) is 11.9 Å². The Morgan fingerprint density at radius 2 is 2.28 bits per heavy atom. The minimum absolute atomic E-state index is 0.0699. The summed E-state index contributed by atoms with van der Waals surface area (Å²) in [6.07, 6.45) is 1.12. The normalized spacial score (nSPS) is 16.4. The monoisotopic (exact) mass is 343 g/mol. The van der Waals surface area contributed by atoms with Crippen molar-refractivity contribution in [2.45, 2.75) is 25.8 Å². The highest BCUT2D eigenvalue weighted by molar-refractivity contribution is 5.95. The van der Waals surface area contributed by atoms with E-state index in [1.54, 1.807) is 18.7 Å². The molecule has 2 heterocycles. The minimum atomic E-state index is -0.518. The molecule has 0 radical (unpaired) electrons. The van der Waals surface area contributed by atoms with E-state index in [1.807, 2.05) is 24.3 Å². The molecule has 0 saturated heterocycles. The number of hydrogen-bond donors (Lipinski definition) is 3. The van der Waals surface area contributed by atoms with Crippen molar-refractivity contribution in [3.8, 4) is 5.75 Å². The maximum atomic E-state index is 12.1. The molecular formula is C17H21N5O3. The number of nitrogens with zero attached hydrogens (tertiary/aromatic N) is 3. The molecular weight excluding hydrogens is 322 g/mol.